The molecule has 4 heteroatoms. The van der Waals surface area contributed by atoms with Crippen molar-refractivity contribution < 1.29 is 4.42 Å². The SMILES string of the molecule is CCc1cnc(CNCc2ccc(C)s2)o1. The summed E-state index contributed by atoms with van der Waals surface area (Å²) >= 11 is 1.82. The predicted octanol–water partition coefficient (Wildman–Crippen LogP) is 2.90. The zero-order valence-electron chi connectivity index (χ0n) is 9.62. The molecular weight excluding hydrogens is 220 g/mol. The summed E-state index contributed by atoms with van der Waals surface area (Å²) in [6, 6.07) is 4.29. The van der Waals surface area contributed by atoms with Gasteiger partial charge >= 0.3 is 0 Å². The van der Waals surface area contributed by atoms with E-state index >= 15 is 0 Å². The number of rotatable bonds is 5. The van der Waals surface area contributed by atoms with Crippen molar-refractivity contribution in [1.29, 1.82) is 0 Å². The van der Waals surface area contributed by atoms with E-state index in [2.05, 4.69) is 36.3 Å². The van der Waals surface area contributed by atoms with Gasteiger partial charge < -0.3 is 9.73 Å². The van der Waals surface area contributed by atoms with E-state index in [0.29, 0.717) is 6.54 Å². The van der Waals surface area contributed by atoms with Gasteiger partial charge in [0.15, 0.2) is 0 Å². The van der Waals surface area contributed by atoms with Gasteiger partial charge in [-0.15, -0.1) is 11.3 Å². The number of aromatic nitrogens is 1. The van der Waals surface area contributed by atoms with Crippen LogP contribution in [-0.2, 0) is 19.5 Å². The highest BCUT2D eigenvalue weighted by Gasteiger charge is 2.02. The van der Waals surface area contributed by atoms with Crippen molar-refractivity contribution in [2.75, 3.05) is 0 Å². The molecule has 2 heterocycles. The third-order valence-electron chi connectivity index (χ3n) is 2.32. The Morgan fingerprint density at radius 1 is 1.38 bits per heavy atom. The first kappa shape index (κ1) is 11.4. The molecule has 0 amide bonds. The minimum absolute atomic E-state index is 0.691. The van der Waals surface area contributed by atoms with Crippen LogP contribution in [0, 0.1) is 6.92 Å². The smallest absolute Gasteiger partial charge is 0.208 e. The molecule has 0 unspecified atom stereocenters. The summed E-state index contributed by atoms with van der Waals surface area (Å²) in [5.41, 5.74) is 0. The lowest BCUT2D eigenvalue weighted by molar-refractivity contribution is 0.439. The molecule has 0 radical (unpaired) electrons. The van der Waals surface area contributed by atoms with Crippen LogP contribution in [0.5, 0.6) is 0 Å². The lowest BCUT2D eigenvalue weighted by Gasteiger charge is -1.98. The fraction of sp³-hybridized carbons (Fsp3) is 0.417. The second-order valence-electron chi connectivity index (χ2n) is 3.69. The monoisotopic (exact) mass is 236 g/mol. The zero-order chi connectivity index (χ0) is 11.4. The quantitative estimate of drug-likeness (QED) is 0.867. The molecule has 16 heavy (non-hydrogen) atoms. The van der Waals surface area contributed by atoms with Crippen LogP contribution in [0.4, 0.5) is 0 Å². The van der Waals surface area contributed by atoms with E-state index in [1.807, 2.05) is 11.3 Å². The minimum Gasteiger partial charge on any atom is -0.444 e. The van der Waals surface area contributed by atoms with E-state index in [1.54, 1.807) is 6.20 Å². The Hall–Kier alpha value is -1.13. The van der Waals surface area contributed by atoms with Gasteiger partial charge in [0, 0.05) is 22.7 Å². The standard InChI is InChI=1S/C12H16N2OS/c1-3-10-6-14-12(15-10)8-13-7-11-5-4-9(2)16-11/h4-6,13H,3,7-8H2,1-2H3. The Labute approximate surface area is 99.5 Å². The number of nitrogens with zero attached hydrogens (tertiary/aromatic N) is 1. The van der Waals surface area contributed by atoms with Gasteiger partial charge in [0.05, 0.1) is 12.7 Å². The number of aryl methyl sites for hydroxylation is 2. The van der Waals surface area contributed by atoms with Gasteiger partial charge in [-0.2, -0.15) is 0 Å². The van der Waals surface area contributed by atoms with Crippen molar-refractivity contribution in [3.8, 4) is 0 Å². The third-order valence-corrected chi connectivity index (χ3v) is 3.32. The molecule has 0 atom stereocenters. The molecule has 0 fully saturated rings. The Balaban J connectivity index is 1.79. The summed E-state index contributed by atoms with van der Waals surface area (Å²) in [6.45, 7) is 5.75. The van der Waals surface area contributed by atoms with Gasteiger partial charge in [0.1, 0.15) is 5.76 Å². The molecule has 0 aliphatic heterocycles. The predicted molar refractivity (Wildman–Crippen MR) is 65.5 cm³/mol. The van der Waals surface area contributed by atoms with Crippen LogP contribution in [0.15, 0.2) is 22.7 Å². The second kappa shape index (κ2) is 5.27. The normalized spacial score (nSPS) is 10.9. The number of thiophene rings is 1. The highest BCUT2D eigenvalue weighted by Crippen LogP contribution is 2.14. The van der Waals surface area contributed by atoms with Gasteiger partial charge in [-0.3, -0.25) is 0 Å². The maximum absolute atomic E-state index is 5.51. The van der Waals surface area contributed by atoms with Crippen LogP contribution in [0.2, 0.25) is 0 Å². The van der Waals surface area contributed by atoms with Gasteiger partial charge in [-0.1, -0.05) is 6.92 Å². The first-order chi connectivity index (χ1) is 7.78. The lowest BCUT2D eigenvalue weighted by Crippen LogP contribution is -2.11. The lowest BCUT2D eigenvalue weighted by atomic mass is 10.4. The van der Waals surface area contributed by atoms with Crippen LogP contribution in [0.25, 0.3) is 0 Å². The van der Waals surface area contributed by atoms with Gasteiger partial charge in [0.2, 0.25) is 5.89 Å². The van der Waals surface area contributed by atoms with Crippen molar-refractivity contribution in [3.05, 3.63) is 39.7 Å². The Morgan fingerprint density at radius 2 is 2.25 bits per heavy atom. The molecule has 0 bridgehead atoms. The van der Waals surface area contributed by atoms with E-state index in [9.17, 15) is 0 Å². The molecule has 0 aliphatic carbocycles. The molecule has 2 aromatic heterocycles. The fourth-order valence-electron chi connectivity index (χ4n) is 1.47. The summed E-state index contributed by atoms with van der Waals surface area (Å²) in [7, 11) is 0. The Morgan fingerprint density at radius 3 is 2.88 bits per heavy atom. The molecule has 1 N–H and O–H groups in total. The molecule has 0 saturated heterocycles. The average molecular weight is 236 g/mol. The first-order valence-corrected chi connectivity index (χ1v) is 6.29. The molecule has 2 aromatic rings. The second-order valence-corrected chi connectivity index (χ2v) is 5.06. The van der Waals surface area contributed by atoms with Crippen molar-refractivity contribution >= 4 is 11.3 Å². The van der Waals surface area contributed by atoms with Crippen LogP contribution in [0.3, 0.4) is 0 Å². The molecule has 2 rings (SSSR count). The molecule has 3 nitrogen and oxygen atoms in total. The Bertz CT molecular complexity index is 447. The van der Waals surface area contributed by atoms with Crippen LogP contribution in [-0.4, -0.2) is 4.98 Å². The highest BCUT2D eigenvalue weighted by atomic mass is 32.1. The van der Waals surface area contributed by atoms with Crippen LogP contribution < -0.4 is 5.32 Å². The van der Waals surface area contributed by atoms with Gasteiger partial charge in [-0.05, 0) is 19.1 Å². The van der Waals surface area contributed by atoms with Crippen molar-refractivity contribution in [1.82, 2.24) is 10.3 Å². The van der Waals surface area contributed by atoms with Crippen molar-refractivity contribution in [2.45, 2.75) is 33.4 Å². The molecular formula is C12H16N2OS. The van der Waals surface area contributed by atoms with Crippen molar-refractivity contribution in [2.24, 2.45) is 0 Å². The van der Waals surface area contributed by atoms with E-state index < -0.39 is 0 Å². The summed E-state index contributed by atoms with van der Waals surface area (Å²) in [5.74, 6) is 1.72. The fourth-order valence-corrected chi connectivity index (χ4v) is 2.33. The number of oxazole rings is 1. The maximum atomic E-state index is 5.51. The molecule has 0 aliphatic rings. The molecule has 0 saturated carbocycles. The summed E-state index contributed by atoms with van der Waals surface area (Å²) < 4.78 is 5.51. The minimum atomic E-state index is 0.691. The van der Waals surface area contributed by atoms with E-state index in [1.165, 1.54) is 9.75 Å². The van der Waals surface area contributed by atoms with E-state index in [0.717, 1.165) is 24.6 Å². The summed E-state index contributed by atoms with van der Waals surface area (Å²) in [6.07, 6.45) is 2.70. The number of hydrogen-bond donors (Lipinski definition) is 1. The largest absolute Gasteiger partial charge is 0.444 e. The average Bonchev–Trinajstić information content (AvgIpc) is 2.88. The summed E-state index contributed by atoms with van der Waals surface area (Å²) in [4.78, 5) is 6.89. The number of nitrogens with one attached hydrogen (secondary N) is 1. The van der Waals surface area contributed by atoms with Crippen molar-refractivity contribution in [3.63, 3.8) is 0 Å². The van der Waals surface area contributed by atoms with E-state index in [4.69, 9.17) is 4.42 Å². The molecule has 86 valence electrons. The first-order valence-electron chi connectivity index (χ1n) is 5.47. The van der Waals surface area contributed by atoms with E-state index in [-0.39, 0.29) is 0 Å². The molecule has 0 spiro atoms. The van der Waals surface area contributed by atoms with Gasteiger partial charge in [-0.25, -0.2) is 4.98 Å². The topological polar surface area (TPSA) is 38.1 Å². The van der Waals surface area contributed by atoms with Gasteiger partial charge in [0.25, 0.3) is 0 Å². The number of hydrogen-bond acceptors (Lipinski definition) is 4. The zero-order valence-corrected chi connectivity index (χ0v) is 10.4. The Kier molecular flexibility index (Phi) is 3.74. The van der Waals surface area contributed by atoms with Crippen LogP contribution >= 0.6 is 11.3 Å². The maximum Gasteiger partial charge on any atom is 0.208 e. The third kappa shape index (κ3) is 2.93. The van der Waals surface area contributed by atoms with Crippen LogP contribution in [0.1, 0.15) is 28.3 Å². The summed E-state index contributed by atoms with van der Waals surface area (Å²) in [5, 5.41) is 3.32. The molecule has 0 aromatic carbocycles. The highest BCUT2D eigenvalue weighted by molar-refractivity contribution is 7.11.